The summed E-state index contributed by atoms with van der Waals surface area (Å²) < 4.78 is 12.0. The number of hydrogen-bond acceptors (Lipinski definition) is 6. The molecule has 0 spiro atoms. The fourth-order valence-corrected chi connectivity index (χ4v) is 6.10. The zero-order valence-corrected chi connectivity index (χ0v) is 20.5. The third-order valence-corrected chi connectivity index (χ3v) is 8.17. The van der Waals surface area contributed by atoms with E-state index in [9.17, 15) is 4.79 Å². The Balaban J connectivity index is 1.18. The van der Waals surface area contributed by atoms with E-state index >= 15 is 0 Å². The van der Waals surface area contributed by atoms with Crippen LogP contribution in [0.1, 0.15) is 34.9 Å². The fourth-order valence-electron chi connectivity index (χ4n) is 4.82. The highest BCUT2D eigenvalue weighted by Gasteiger charge is 2.28. The van der Waals surface area contributed by atoms with Gasteiger partial charge in [-0.25, -0.2) is 4.98 Å². The molecule has 0 N–H and O–H groups in total. The number of halogens is 1. The van der Waals surface area contributed by atoms with Crippen molar-refractivity contribution in [2.24, 2.45) is 0 Å². The van der Waals surface area contributed by atoms with Crippen molar-refractivity contribution in [3.8, 4) is 11.5 Å². The second-order valence-corrected chi connectivity index (χ2v) is 10.3. The SMILES string of the molecule is COc1cc2c(cc1OC)CN(C(=O)CN1CCC(c3nc4cc(Cl)ccc4s3)CC1)CC2. The topological polar surface area (TPSA) is 54.9 Å². The lowest BCUT2D eigenvalue weighted by Gasteiger charge is -2.34. The van der Waals surface area contributed by atoms with Crippen LogP contribution in [0.5, 0.6) is 11.5 Å². The summed E-state index contributed by atoms with van der Waals surface area (Å²) in [6.07, 6.45) is 2.90. The molecular weight excluding hydrogens is 458 g/mol. The first-order valence-corrected chi connectivity index (χ1v) is 12.5. The molecule has 2 aromatic carbocycles. The van der Waals surface area contributed by atoms with E-state index in [0.29, 0.717) is 24.8 Å². The van der Waals surface area contributed by atoms with E-state index in [1.165, 1.54) is 15.3 Å². The summed E-state index contributed by atoms with van der Waals surface area (Å²) in [6.45, 7) is 3.68. The van der Waals surface area contributed by atoms with Gasteiger partial charge in [-0.2, -0.15) is 0 Å². The normalized spacial score (nSPS) is 17.2. The van der Waals surface area contributed by atoms with Crippen LogP contribution in [0.2, 0.25) is 5.02 Å². The van der Waals surface area contributed by atoms with Gasteiger partial charge in [-0.3, -0.25) is 9.69 Å². The van der Waals surface area contributed by atoms with Crippen LogP contribution in [0, 0.1) is 0 Å². The van der Waals surface area contributed by atoms with E-state index in [4.69, 9.17) is 26.1 Å². The first-order chi connectivity index (χ1) is 16.0. The van der Waals surface area contributed by atoms with Gasteiger partial charge in [0, 0.05) is 24.0 Å². The Hall–Kier alpha value is -2.35. The summed E-state index contributed by atoms with van der Waals surface area (Å²) in [5, 5.41) is 1.92. The molecular formula is C25H28ClN3O3S. The standard InChI is InChI=1S/C25H28ClN3O3S/c1-31-21-11-17-7-10-29(14-18(17)12-22(21)32-2)24(30)15-28-8-5-16(6-9-28)25-27-20-13-19(26)3-4-23(20)33-25/h3-4,11-13,16H,5-10,14-15H2,1-2H3. The third kappa shape index (κ3) is 4.67. The lowest BCUT2D eigenvalue weighted by molar-refractivity contribution is -0.133. The summed E-state index contributed by atoms with van der Waals surface area (Å²) in [4.78, 5) is 22.1. The maximum Gasteiger partial charge on any atom is 0.237 e. The summed E-state index contributed by atoms with van der Waals surface area (Å²) in [6, 6.07) is 9.95. The van der Waals surface area contributed by atoms with E-state index in [2.05, 4.69) is 11.0 Å². The quantitative estimate of drug-likeness (QED) is 0.523. The molecule has 8 heteroatoms. The maximum absolute atomic E-state index is 13.1. The molecule has 1 aromatic heterocycles. The van der Waals surface area contributed by atoms with Crippen LogP contribution in [0.3, 0.4) is 0 Å². The average Bonchev–Trinajstić information content (AvgIpc) is 3.26. The Labute approximate surface area is 203 Å². The summed E-state index contributed by atoms with van der Waals surface area (Å²) >= 11 is 7.88. The molecule has 2 aliphatic rings. The summed E-state index contributed by atoms with van der Waals surface area (Å²) in [5.74, 6) is 2.11. The van der Waals surface area contributed by atoms with Crippen LogP contribution in [-0.4, -0.2) is 61.1 Å². The predicted molar refractivity (Wildman–Crippen MR) is 132 cm³/mol. The molecule has 3 aromatic rings. The van der Waals surface area contributed by atoms with Gasteiger partial charge < -0.3 is 14.4 Å². The second kappa shape index (κ2) is 9.49. The average molecular weight is 486 g/mol. The number of ether oxygens (including phenoxy) is 2. The molecule has 1 fully saturated rings. The van der Waals surface area contributed by atoms with Crippen molar-refractivity contribution >= 4 is 39.1 Å². The molecule has 3 heterocycles. The molecule has 0 aliphatic carbocycles. The molecule has 0 bridgehead atoms. The van der Waals surface area contributed by atoms with Gasteiger partial charge in [0.25, 0.3) is 0 Å². The fraction of sp³-hybridized carbons (Fsp3) is 0.440. The Bertz CT molecular complexity index is 1170. The highest BCUT2D eigenvalue weighted by atomic mass is 35.5. The largest absolute Gasteiger partial charge is 0.493 e. The van der Waals surface area contributed by atoms with Gasteiger partial charge in [-0.15, -0.1) is 11.3 Å². The Morgan fingerprint density at radius 1 is 1.09 bits per heavy atom. The van der Waals surface area contributed by atoms with E-state index in [0.717, 1.165) is 60.7 Å². The molecule has 0 saturated carbocycles. The zero-order valence-electron chi connectivity index (χ0n) is 19.0. The molecule has 1 saturated heterocycles. The number of piperidine rings is 1. The van der Waals surface area contributed by atoms with Crippen molar-refractivity contribution in [3.05, 3.63) is 51.5 Å². The third-order valence-electron chi connectivity index (χ3n) is 6.73. The van der Waals surface area contributed by atoms with Crippen molar-refractivity contribution < 1.29 is 14.3 Å². The van der Waals surface area contributed by atoms with Crippen LogP contribution in [-0.2, 0) is 17.8 Å². The van der Waals surface area contributed by atoms with Crippen molar-refractivity contribution in [2.45, 2.75) is 31.7 Å². The van der Waals surface area contributed by atoms with Crippen LogP contribution < -0.4 is 9.47 Å². The number of carbonyl (C=O) groups is 1. The highest BCUT2D eigenvalue weighted by molar-refractivity contribution is 7.18. The number of aromatic nitrogens is 1. The van der Waals surface area contributed by atoms with Crippen molar-refractivity contribution in [1.82, 2.24) is 14.8 Å². The molecule has 33 heavy (non-hydrogen) atoms. The molecule has 0 radical (unpaired) electrons. The molecule has 1 amide bonds. The summed E-state index contributed by atoms with van der Waals surface area (Å²) in [7, 11) is 3.29. The Kier molecular flexibility index (Phi) is 6.45. The number of rotatable bonds is 5. The molecule has 5 rings (SSSR count). The smallest absolute Gasteiger partial charge is 0.237 e. The van der Waals surface area contributed by atoms with E-state index < -0.39 is 0 Å². The second-order valence-electron chi connectivity index (χ2n) is 8.76. The van der Waals surface area contributed by atoms with Crippen LogP contribution in [0.25, 0.3) is 10.2 Å². The highest BCUT2D eigenvalue weighted by Crippen LogP contribution is 2.35. The molecule has 0 atom stereocenters. The lowest BCUT2D eigenvalue weighted by Crippen LogP contribution is -2.44. The number of thiazole rings is 1. The van der Waals surface area contributed by atoms with Gasteiger partial charge in [-0.1, -0.05) is 11.6 Å². The van der Waals surface area contributed by atoms with Crippen LogP contribution in [0.15, 0.2) is 30.3 Å². The van der Waals surface area contributed by atoms with Crippen LogP contribution in [0.4, 0.5) is 0 Å². The number of amides is 1. The number of fused-ring (bicyclic) bond motifs is 2. The minimum absolute atomic E-state index is 0.198. The van der Waals surface area contributed by atoms with Gasteiger partial charge in [-0.05, 0) is 73.8 Å². The number of nitrogens with zero attached hydrogens (tertiary/aromatic N) is 3. The maximum atomic E-state index is 13.1. The van der Waals surface area contributed by atoms with E-state index in [1.807, 2.05) is 29.2 Å². The lowest BCUT2D eigenvalue weighted by atomic mass is 9.97. The zero-order chi connectivity index (χ0) is 22.9. The molecule has 0 unspecified atom stereocenters. The van der Waals surface area contributed by atoms with Crippen LogP contribution >= 0.6 is 22.9 Å². The van der Waals surface area contributed by atoms with Gasteiger partial charge in [0.05, 0.1) is 36.0 Å². The number of methoxy groups -OCH3 is 2. The van der Waals surface area contributed by atoms with Gasteiger partial charge in [0.1, 0.15) is 0 Å². The molecule has 6 nitrogen and oxygen atoms in total. The van der Waals surface area contributed by atoms with Gasteiger partial charge in [0.15, 0.2) is 11.5 Å². The summed E-state index contributed by atoms with van der Waals surface area (Å²) in [5.41, 5.74) is 3.36. The van der Waals surface area contributed by atoms with E-state index in [1.54, 1.807) is 25.6 Å². The van der Waals surface area contributed by atoms with Gasteiger partial charge >= 0.3 is 0 Å². The number of carbonyl (C=O) groups excluding carboxylic acids is 1. The number of hydrogen-bond donors (Lipinski definition) is 0. The number of benzene rings is 2. The minimum atomic E-state index is 0.198. The van der Waals surface area contributed by atoms with Crippen molar-refractivity contribution in [1.29, 1.82) is 0 Å². The Morgan fingerprint density at radius 2 is 1.82 bits per heavy atom. The number of likely N-dealkylation sites (tertiary alicyclic amines) is 1. The molecule has 2 aliphatic heterocycles. The first kappa shape index (κ1) is 22.4. The minimum Gasteiger partial charge on any atom is -0.493 e. The first-order valence-electron chi connectivity index (χ1n) is 11.3. The monoisotopic (exact) mass is 485 g/mol. The molecule has 174 valence electrons. The van der Waals surface area contributed by atoms with Crippen molar-refractivity contribution in [2.75, 3.05) is 40.4 Å². The predicted octanol–water partition coefficient (Wildman–Crippen LogP) is 4.73. The van der Waals surface area contributed by atoms with E-state index in [-0.39, 0.29) is 5.91 Å². The van der Waals surface area contributed by atoms with Gasteiger partial charge in [0.2, 0.25) is 5.91 Å². The Morgan fingerprint density at radius 3 is 2.55 bits per heavy atom. The van der Waals surface area contributed by atoms with Crippen molar-refractivity contribution in [3.63, 3.8) is 0 Å².